The molecule has 0 radical (unpaired) electrons. The van der Waals surface area contributed by atoms with Crippen LogP contribution in [0.2, 0.25) is 0 Å². The molecule has 4 nitrogen and oxygen atoms in total. The minimum atomic E-state index is 0.0978. The summed E-state index contributed by atoms with van der Waals surface area (Å²) in [5.74, 6) is 0.858. The second kappa shape index (κ2) is 5.15. The van der Waals surface area contributed by atoms with Gasteiger partial charge < -0.3 is 15.4 Å². The Morgan fingerprint density at radius 1 is 1.50 bits per heavy atom. The van der Waals surface area contributed by atoms with Gasteiger partial charge in [-0.25, -0.2) is 0 Å². The van der Waals surface area contributed by atoms with Gasteiger partial charge in [0.1, 0.15) is 0 Å². The summed E-state index contributed by atoms with van der Waals surface area (Å²) in [6.45, 7) is 5.17. The van der Waals surface area contributed by atoms with Crippen molar-refractivity contribution in [3.8, 4) is 0 Å². The molecule has 4 heteroatoms. The van der Waals surface area contributed by atoms with Gasteiger partial charge in [-0.15, -0.1) is 0 Å². The summed E-state index contributed by atoms with van der Waals surface area (Å²) in [4.78, 5) is 14.2. The number of nitrogens with zero attached hydrogens (tertiary/aromatic N) is 1. The third-order valence-electron chi connectivity index (χ3n) is 3.79. The summed E-state index contributed by atoms with van der Waals surface area (Å²) >= 11 is 0. The molecule has 0 aromatic heterocycles. The van der Waals surface area contributed by atoms with Crippen molar-refractivity contribution in [1.29, 1.82) is 0 Å². The van der Waals surface area contributed by atoms with Gasteiger partial charge in [-0.2, -0.15) is 0 Å². The van der Waals surface area contributed by atoms with Crippen molar-refractivity contribution in [2.24, 2.45) is 17.6 Å². The lowest BCUT2D eigenvalue weighted by Crippen LogP contribution is -2.39. The standard InChI is InChI=1S/C12H22N2O2/c1-9(13)10-4-5-14(7-10)12(15)11-3-2-6-16-8-11/h9-11H,2-8,13H2,1H3. The van der Waals surface area contributed by atoms with E-state index >= 15 is 0 Å². The van der Waals surface area contributed by atoms with E-state index in [4.69, 9.17) is 10.5 Å². The molecule has 0 bridgehead atoms. The van der Waals surface area contributed by atoms with Crippen LogP contribution in [0.1, 0.15) is 26.2 Å². The van der Waals surface area contributed by atoms with Crippen molar-refractivity contribution in [2.45, 2.75) is 32.2 Å². The number of ether oxygens (including phenoxy) is 1. The highest BCUT2D eigenvalue weighted by molar-refractivity contribution is 5.79. The highest BCUT2D eigenvalue weighted by Gasteiger charge is 2.32. The molecule has 2 saturated heterocycles. The van der Waals surface area contributed by atoms with Gasteiger partial charge in [-0.3, -0.25) is 4.79 Å². The molecule has 2 fully saturated rings. The first kappa shape index (κ1) is 11.9. The van der Waals surface area contributed by atoms with Crippen molar-refractivity contribution < 1.29 is 9.53 Å². The van der Waals surface area contributed by atoms with E-state index in [0.717, 1.165) is 39.0 Å². The predicted molar refractivity (Wildman–Crippen MR) is 61.9 cm³/mol. The maximum atomic E-state index is 12.2. The Bertz CT molecular complexity index is 249. The molecule has 0 spiro atoms. The molecule has 2 rings (SSSR count). The van der Waals surface area contributed by atoms with Gasteiger partial charge in [0.25, 0.3) is 0 Å². The van der Waals surface area contributed by atoms with Crippen LogP contribution in [0.5, 0.6) is 0 Å². The van der Waals surface area contributed by atoms with Crippen molar-refractivity contribution in [2.75, 3.05) is 26.3 Å². The minimum absolute atomic E-state index is 0.0978. The number of nitrogens with two attached hydrogens (primary N) is 1. The monoisotopic (exact) mass is 226 g/mol. The Morgan fingerprint density at radius 3 is 2.88 bits per heavy atom. The molecule has 2 N–H and O–H groups in total. The molecule has 3 atom stereocenters. The first-order valence-corrected chi connectivity index (χ1v) is 6.30. The van der Waals surface area contributed by atoms with Crippen LogP contribution < -0.4 is 5.73 Å². The van der Waals surface area contributed by atoms with Crippen molar-refractivity contribution in [3.05, 3.63) is 0 Å². The summed E-state index contributed by atoms with van der Waals surface area (Å²) in [6, 6.07) is 0.195. The van der Waals surface area contributed by atoms with Gasteiger partial charge in [0.15, 0.2) is 0 Å². The number of carbonyl (C=O) groups excluding carboxylic acids is 1. The Hall–Kier alpha value is -0.610. The Labute approximate surface area is 97.1 Å². The molecule has 0 aromatic carbocycles. The lowest BCUT2D eigenvalue weighted by molar-refractivity contribution is -0.138. The molecular formula is C12H22N2O2. The fourth-order valence-electron chi connectivity index (χ4n) is 2.61. The van der Waals surface area contributed by atoms with Crippen LogP contribution >= 0.6 is 0 Å². The molecular weight excluding hydrogens is 204 g/mol. The SMILES string of the molecule is CC(N)C1CCN(C(=O)C2CCCOC2)C1. The van der Waals surface area contributed by atoms with Gasteiger partial charge in [0.05, 0.1) is 12.5 Å². The summed E-state index contributed by atoms with van der Waals surface area (Å²) in [6.07, 6.45) is 3.05. The smallest absolute Gasteiger partial charge is 0.228 e. The zero-order chi connectivity index (χ0) is 11.5. The largest absolute Gasteiger partial charge is 0.381 e. The van der Waals surface area contributed by atoms with Crippen LogP contribution in [0.3, 0.4) is 0 Å². The number of hydrogen-bond acceptors (Lipinski definition) is 3. The van der Waals surface area contributed by atoms with E-state index in [0.29, 0.717) is 12.5 Å². The highest BCUT2D eigenvalue weighted by Crippen LogP contribution is 2.23. The van der Waals surface area contributed by atoms with Crippen molar-refractivity contribution in [3.63, 3.8) is 0 Å². The van der Waals surface area contributed by atoms with E-state index in [1.807, 2.05) is 11.8 Å². The molecule has 0 saturated carbocycles. The quantitative estimate of drug-likeness (QED) is 0.750. The molecule has 0 aliphatic carbocycles. The topological polar surface area (TPSA) is 55.6 Å². The van der Waals surface area contributed by atoms with Gasteiger partial charge in [0, 0.05) is 25.7 Å². The van der Waals surface area contributed by atoms with Crippen molar-refractivity contribution >= 4 is 5.91 Å². The molecule has 0 aromatic rings. The molecule has 2 heterocycles. The Kier molecular flexibility index (Phi) is 3.82. The molecule has 2 aliphatic heterocycles. The molecule has 2 aliphatic rings. The van der Waals surface area contributed by atoms with Crippen LogP contribution in [-0.2, 0) is 9.53 Å². The van der Waals surface area contributed by atoms with Gasteiger partial charge in [-0.1, -0.05) is 0 Å². The fraction of sp³-hybridized carbons (Fsp3) is 0.917. The van der Waals surface area contributed by atoms with Crippen LogP contribution in [0.4, 0.5) is 0 Å². The number of amides is 1. The van der Waals surface area contributed by atoms with Gasteiger partial charge in [0.2, 0.25) is 5.91 Å². The van der Waals surface area contributed by atoms with E-state index in [1.165, 1.54) is 0 Å². The maximum absolute atomic E-state index is 12.2. The lowest BCUT2D eigenvalue weighted by atomic mass is 10.0. The fourth-order valence-corrected chi connectivity index (χ4v) is 2.61. The first-order valence-electron chi connectivity index (χ1n) is 6.30. The normalized spacial score (nSPS) is 32.8. The summed E-state index contributed by atoms with van der Waals surface area (Å²) in [5, 5.41) is 0. The predicted octanol–water partition coefficient (Wildman–Crippen LogP) is 0.609. The average Bonchev–Trinajstić information content (AvgIpc) is 2.78. The average molecular weight is 226 g/mol. The maximum Gasteiger partial charge on any atom is 0.228 e. The summed E-state index contributed by atoms with van der Waals surface area (Å²) in [5.41, 5.74) is 5.88. The van der Waals surface area contributed by atoms with E-state index in [2.05, 4.69) is 0 Å². The molecule has 1 amide bonds. The lowest BCUT2D eigenvalue weighted by Gasteiger charge is -2.26. The zero-order valence-electron chi connectivity index (χ0n) is 10.0. The number of hydrogen-bond donors (Lipinski definition) is 1. The van der Waals surface area contributed by atoms with E-state index in [1.54, 1.807) is 0 Å². The van der Waals surface area contributed by atoms with E-state index in [9.17, 15) is 4.79 Å². The second-order valence-corrected chi connectivity index (χ2v) is 5.11. The van der Waals surface area contributed by atoms with Gasteiger partial charge >= 0.3 is 0 Å². The first-order chi connectivity index (χ1) is 7.68. The van der Waals surface area contributed by atoms with Crippen LogP contribution in [-0.4, -0.2) is 43.2 Å². The third-order valence-corrected chi connectivity index (χ3v) is 3.79. The minimum Gasteiger partial charge on any atom is -0.381 e. The van der Waals surface area contributed by atoms with Crippen LogP contribution in [0.25, 0.3) is 0 Å². The van der Waals surface area contributed by atoms with Crippen LogP contribution in [0, 0.1) is 11.8 Å². The van der Waals surface area contributed by atoms with E-state index < -0.39 is 0 Å². The van der Waals surface area contributed by atoms with E-state index in [-0.39, 0.29) is 17.9 Å². The Balaban J connectivity index is 1.86. The zero-order valence-corrected chi connectivity index (χ0v) is 10.0. The number of carbonyl (C=O) groups is 1. The third kappa shape index (κ3) is 2.55. The molecule has 92 valence electrons. The van der Waals surface area contributed by atoms with Crippen LogP contribution in [0.15, 0.2) is 0 Å². The molecule has 3 unspecified atom stereocenters. The summed E-state index contributed by atoms with van der Waals surface area (Å²) < 4.78 is 5.36. The molecule has 16 heavy (non-hydrogen) atoms. The summed E-state index contributed by atoms with van der Waals surface area (Å²) in [7, 11) is 0. The van der Waals surface area contributed by atoms with Crippen molar-refractivity contribution in [1.82, 2.24) is 4.90 Å². The number of rotatable bonds is 2. The second-order valence-electron chi connectivity index (χ2n) is 5.11. The number of likely N-dealkylation sites (tertiary alicyclic amines) is 1. The Morgan fingerprint density at radius 2 is 2.31 bits per heavy atom. The highest BCUT2D eigenvalue weighted by atomic mass is 16.5. The van der Waals surface area contributed by atoms with Gasteiger partial charge in [-0.05, 0) is 32.1 Å².